The molecule has 308 valence electrons. The summed E-state index contributed by atoms with van der Waals surface area (Å²) in [6.07, 6.45) is -3.94. The summed E-state index contributed by atoms with van der Waals surface area (Å²) in [5, 5.41) is 0.290. The second-order valence-electron chi connectivity index (χ2n) is 14.4. The highest BCUT2D eigenvalue weighted by Crippen LogP contribution is 2.37. The van der Waals surface area contributed by atoms with Gasteiger partial charge in [-0.05, 0) is 51.7 Å². The molecular weight excluding hydrogens is 769 g/mol. The van der Waals surface area contributed by atoms with E-state index in [-0.39, 0.29) is 54.8 Å². The van der Waals surface area contributed by atoms with Crippen molar-refractivity contribution in [2.75, 3.05) is 32.0 Å². The molecule has 0 spiro atoms. The highest BCUT2D eigenvalue weighted by atomic mass is 32.3. The molecule has 9 atom stereocenters. The van der Waals surface area contributed by atoms with Crippen molar-refractivity contribution in [3.05, 3.63) is 138 Å². The van der Waals surface area contributed by atoms with Gasteiger partial charge in [0, 0.05) is 5.92 Å². The van der Waals surface area contributed by atoms with Crippen molar-refractivity contribution >= 4 is 21.3 Å². The van der Waals surface area contributed by atoms with Crippen LogP contribution in [0.4, 0.5) is 0 Å². The fraction of sp³-hybridized carbons (Fsp3) is 0.455. The molecule has 2 aliphatic heterocycles. The largest absolute Gasteiger partial charge is 0.497 e. The minimum Gasteiger partial charge on any atom is -0.497 e. The second kappa shape index (κ2) is 21.6. The summed E-state index contributed by atoms with van der Waals surface area (Å²) in [4.78, 5) is 0. The van der Waals surface area contributed by atoms with Gasteiger partial charge in [-0.3, -0.25) is 4.55 Å². The van der Waals surface area contributed by atoms with Gasteiger partial charge in [-0.1, -0.05) is 117 Å². The van der Waals surface area contributed by atoms with Crippen molar-refractivity contribution in [1.82, 2.24) is 0 Å². The number of methoxy groups -OCH3 is 1. The van der Waals surface area contributed by atoms with E-state index in [0.717, 1.165) is 40.2 Å². The normalized spacial score (nSPS) is 25.8. The molecule has 0 amide bonds. The number of benzene rings is 4. The molecule has 1 unspecified atom stereocenters. The molecule has 0 aromatic heterocycles. The molecule has 2 aliphatic rings. The molecule has 2 fully saturated rings. The maximum Gasteiger partial charge on any atom is 0.397 e. The summed E-state index contributed by atoms with van der Waals surface area (Å²) in [6.45, 7) is 5.42. The lowest BCUT2D eigenvalue weighted by Gasteiger charge is -2.35. The third-order valence-corrected chi connectivity index (χ3v) is 14.1. The smallest absolute Gasteiger partial charge is 0.397 e. The molecule has 0 bridgehead atoms. The average molecular weight is 824 g/mol. The third kappa shape index (κ3) is 12.8. The van der Waals surface area contributed by atoms with Crippen molar-refractivity contribution in [3.8, 4) is 5.75 Å². The molecule has 2 saturated heterocycles. The lowest BCUT2D eigenvalue weighted by Crippen LogP contribution is -2.54. The van der Waals surface area contributed by atoms with Gasteiger partial charge in [-0.15, -0.1) is 0 Å². The zero-order valence-electron chi connectivity index (χ0n) is 32.8. The van der Waals surface area contributed by atoms with Gasteiger partial charge in [-0.2, -0.15) is 8.42 Å². The first-order valence-electron chi connectivity index (χ1n) is 19.4. The van der Waals surface area contributed by atoms with Crippen LogP contribution in [-0.2, 0) is 80.3 Å². The predicted octanol–water partition coefficient (Wildman–Crippen LogP) is 6.94. The van der Waals surface area contributed by atoms with Crippen LogP contribution in [0.5, 0.6) is 5.75 Å². The maximum atomic E-state index is 12.7. The number of hydrogen-bond donors (Lipinski definition) is 1. The molecule has 13 heteroatoms. The van der Waals surface area contributed by atoms with Gasteiger partial charge in [0.05, 0.1) is 40.1 Å². The first-order chi connectivity index (χ1) is 27.7. The zero-order valence-corrected chi connectivity index (χ0v) is 34.4. The van der Waals surface area contributed by atoms with Crippen molar-refractivity contribution in [1.29, 1.82) is 0 Å². The summed E-state index contributed by atoms with van der Waals surface area (Å²) in [6, 6.07) is 36.9. The monoisotopic (exact) mass is 823 g/mol. The minimum absolute atomic E-state index is 0.0150. The lowest BCUT2D eigenvalue weighted by molar-refractivity contribution is -0.183. The van der Waals surface area contributed by atoms with Gasteiger partial charge < -0.3 is 33.2 Å². The Morgan fingerprint density at radius 1 is 0.754 bits per heavy atom. The van der Waals surface area contributed by atoms with Gasteiger partial charge in [0.25, 0.3) is 0 Å². The Hall–Kier alpha value is -3.34. The SMILES string of the molecule is CC[C@@H]1[C@@H](C)[C@H](OCc2ccc(OC)cc2)C[S+]1C[C@H]1OCO[C@H]([C@H](COCc2ccccc2)OCc2ccccc2)[C@@H](OCc2ccccc2)[C@@H]1OS(=O)(=O)O. The molecule has 6 rings (SSSR count). The standard InChI is InChI=1S/C44H54O11S2/c1-4-41-32(2)39(51-26-36-20-22-37(48-3)23-21-36)29-56(41)30-40-43(55-57(45,46)47)44(52-27-35-18-12-7-13-19-35)42(54-31-53-40)38(50-25-34-16-10-6-11-17-34)28-49-24-33-14-8-5-9-15-33/h5-23,32,38-44H,4,24-31H2,1-3H3/p+1/t32-,38-,39+,40+,41+,42+,43+,44+,56?/m0/s1. The predicted molar refractivity (Wildman–Crippen MR) is 219 cm³/mol. The van der Waals surface area contributed by atoms with Crippen LogP contribution in [-0.4, -0.2) is 86.9 Å². The Morgan fingerprint density at radius 2 is 1.33 bits per heavy atom. The summed E-state index contributed by atoms with van der Waals surface area (Å²) in [7, 11) is -3.61. The Morgan fingerprint density at radius 3 is 1.93 bits per heavy atom. The fourth-order valence-corrected chi connectivity index (χ4v) is 11.4. The molecular formula is C44H55O11S2+. The number of ether oxygens (including phenoxy) is 7. The van der Waals surface area contributed by atoms with E-state index in [4.69, 9.17) is 37.3 Å². The lowest BCUT2D eigenvalue weighted by atomic mass is 9.99. The maximum absolute atomic E-state index is 12.7. The van der Waals surface area contributed by atoms with Crippen LogP contribution in [0.3, 0.4) is 0 Å². The summed E-state index contributed by atoms with van der Waals surface area (Å²) >= 11 is 0. The van der Waals surface area contributed by atoms with E-state index in [1.54, 1.807) is 7.11 Å². The van der Waals surface area contributed by atoms with Crippen molar-refractivity contribution in [3.63, 3.8) is 0 Å². The van der Waals surface area contributed by atoms with Crippen LogP contribution in [0.25, 0.3) is 0 Å². The topological polar surface area (TPSA) is 128 Å². The second-order valence-corrected chi connectivity index (χ2v) is 17.8. The van der Waals surface area contributed by atoms with Crippen LogP contribution in [0.15, 0.2) is 115 Å². The van der Waals surface area contributed by atoms with E-state index < -0.39 is 40.9 Å². The first-order valence-corrected chi connectivity index (χ1v) is 22.4. The average Bonchev–Trinajstić information content (AvgIpc) is 3.43. The summed E-state index contributed by atoms with van der Waals surface area (Å²) in [5.74, 6) is 2.25. The molecule has 57 heavy (non-hydrogen) atoms. The molecule has 2 heterocycles. The number of hydrogen-bond acceptors (Lipinski definition) is 10. The van der Waals surface area contributed by atoms with Gasteiger partial charge in [0.2, 0.25) is 0 Å². The number of rotatable bonds is 20. The van der Waals surface area contributed by atoms with E-state index >= 15 is 0 Å². The van der Waals surface area contributed by atoms with Gasteiger partial charge in [-0.25, -0.2) is 4.18 Å². The molecule has 0 radical (unpaired) electrons. The Labute approximate surface area is 340 Å². The third-order valence-electron chi connectivity index (χ3n) is 10.5. The van der Waals surface area contributed by atoms with Gasteiger partial charge >= 0.3 is 10.4 Å². The van der Waals surface area contributed by atoms with Crippen molar-refractivity contribution in [2.45, 2.75) is 88.6 Å². The summed E-state index contributed by atoms with van der Waals surface area (Å²) < 4.78 is 85.5. The van der Waals surface area contributed by atoms with E-state index in [1.165, 1.54) is 0 Å². The quantitative estimate of drug-likeness (QED) is 0.0736. The van der Waals surface area contributed by atoms with Crippen LogP contribution in [0.2, 0.25) is 0 Å². The minimum atomic E-state index is -4.98. The fourth-order valence-electron chi connectivity index (χ4n) is 7.52. The van der Waals surface area contributed by atoms with E-state index in [9.17, 15) is 13.0 Å². The van der Waals surface area contributed by atoms with E-state index in [0.29, 0.717) is 19.0 Å². The molecule has 11 nitrogen and oxygen atoms in total. The highest BCUT2D eigenvalue weighted by molar-refractivity contribution is 7.97. The summed E-state index contributed by atoms with van der Waals surface area (Å²) in [5.41, 5.74) is 3.83. The van der Waals surface area contributed by atoms with Gasteiger partial charge in [0.1, 0.15) is 65.9 Å². The Balaban J connectivity index is 1.26. The molecule has 0 aliphatic carbocycles. The van der Waals surface area contributed by atoms with Crippen molar-refractivity contribution in [2.24, 2.45) is 5.92 Å². The molecule has 0 saturated carbocycles. The van der Waals surface area contributed by atoms with E-state index in [2.05, 4.69) is 13.8 Å². The first kappa shape index (κ1) is 43.2. The van der Waals surface area contributed by atoms with Crippen molar-refractivity contribution < 1.29 is 50.3 Å². The van der Waals surface area contributed by atoms with Crippen LogP contribution in [0, 0.1) is 5.92 Å². The van der Waals surface area contributed by atoms with Crippen LogP contribution >= 0.6 is 0 Å². The van der Waals surface area contributed by atoms with E-state index in [1.807, 2.05) is 115 Å². The zero-order chi connectivity index (χ0) is 40.0. The highest BCUT2D eigenvalue weighted by Gasteiger charge is 2.53. The Kier molecular flexibility index (Phi) is 16.4. The van der Waals surface area contributed by atoms with Gasteiger partial charge in [0.15, 0.2) is 0 Å². The molecule has 1 N–H and O–H groups in total. The van der Waals surface area contributed by atoms with Crippen LogP contribution in [0.1, 0.15) is 42.5 Å². The molecule has 4 aromatic rings. The molecule has 4 aromatic carbocycles. The Bertz CT molecular complexity index is 1850. The van der Waals surface area contributed by atoms with Crippen LogP contribution < -0.4 is 4.74 Å².